The molecule has 5 heteroatoms. The van der Waals surface area contributed by atoms with E-state index in [4.69, 9.17) is 0 Å². The molecule has 1 aliphatic rings. The summed E-state index contributed by atoms with van der Waals surface area (Å²) in [6, 6.07) is 10.4. The monoisotopic (exact) mass is 313 g/mol. The number of hydrogen-bond donors (Lipinski definition) is 1. The van der Waals surface area contributed by atoms with Crippen molar-refractivity contribution in [2.45, 2.75) is 19.3 Å². The number of pyridine rings is 1. The number of anilines is 1. The van der Waals surface area contributed by atoms with E-state index in [1.54, 1.807) is 24.4 Å². The first-order valence-corrected chi connectivity index (χ1v) is 7.96. The van der Waals surface area contributed by atoms with Gasteiger partial charge in [-0.1, -0.05) is 18.2 Å². The lowest BCUT2D eigenvalue weighted by atomic mass is 10.1. The molecule has 1 N–H and O–H groups in total. The minimum Gasteiger partial charge on any atom is -0.371 e. The van der Waals surface area contributed by atoms with Gasteiger partial charge in [-0.25, -0.2) is 4.39 Å². The highest BCUT2D eigenvalue weighted by atomic mass is 19.1. The van der Waals surface area contributed by atoms with Crippen molar-refractivity contribution >= 4 is 11.6 Å². The van der Waals surface area contributed by atoms with Gasteiger partial charge in [0.2, 0.25) is 0 Å². The first-order chi connectivity index (χ1) is 11.2. The van der Waals surface area contributed by atoms with E-state index in [0.29, 0.717) is 24.2 Å². The molecular formula is C18H20FN3O. The van der Waals surface area contributed by atoms with Crippen molar-refractivity contribution in [3.63, 3.8) is 0 Å². The fourth-order valence-corrected chi connectivity index (χ4v) is 2.82. The highest BCUT2D eigenvalue weighted by Crippen LogP contribution is 2.20. The number of nitrogens with zero attached hydrogens (tertiary/aromatic N) is 2. The number of carbonyl (C=O) groups is 1. The summed E-state index contributed by atoms with van der Waals surface area (Å²) in [5.41, 5.74) is 2.05. The second-order valence-corrected chi connectivity index (χ2v) is 5.69. The van der Waals surface area contributed by atoms with Crippen LogP contribution in [0, 0.1) is 5.82 Å². The summed E-state index contributed by atoms with van der Waals surface area (Å²) < 4.78 is 13.5. The van der Waals surface area contributed by atoms with Crippen LogP contribution in [-0.4, -0.2) is 30.5 Å². The van der Waals surface area contributed by atoms with Gasteiger partial charge in [-0.15, -0.1) is 0 Å². The summed E-state index contributed by atoms with van der Waals surface area (Å²) in [4.78, 5) is 18.6. The molecule has 0 unspecified atom stereocenters. The maximum atomic E-state index is 13.5. The van der Waals surface area contributed by atoms with Gasteiger partial charge in [0.15, 0.2) is 0 Å². The molecule has 0 bridgehead atoms. The average Bonchev–Trinajstić information content (AvgIpc) is 3.11. The van der Waals surface area contributed by atoms with E-state index in [1.165, 1.54) is 18.9 Å². The van der Waals surface area contributed by atoms with Gasteiger partial charge < -0.3 is 10.2 Å². The third-order valence-corrected chi connectivity index (χ3v) is 4.09. The van der Waals surface area contributed by atoms with E-state index < -0.39 is 0 Å². The Morgan fingerprint density at radius 3 is 2.78 bits per heavy atom. The number of carbonyl (C=O) groups excluding carboxylic acids is 1. The maximum Gasteiger partial charge on any atom is 0.269 e. The van der Waals surface area contributed by atoms with Crippen molar-refractivity contribution in [2.75, 3.05) is 24.5 Å². The average molecular weight is 313 g/mol. The van der Waals surface area contributed by atoms with Crippen LogP contribution in [0.2, 0.25) is 0 Å². The molecular weight excluding hydrogens is 293 g/mol. The zero-order valence-electron chi connectivity index (χ0n) is 13.0. The van der Waals surface area contributed by atoms with Gasteiger partial charge in [0.1, 0.15) is 11.5 Å². The van der Waals surface area contributed by atoms with Crippen molar-refractivity contribution in [3.05, 3.63) is 59.7 Å². The highest BCUT2D eigenvalue weighted by Gasteiger charge is 2.15. The zero-order valence-corrected chi connectivity index (χ0v) is 13.0. The molecule has 1 aromatic carbocycles. The van der Waals surface area contributed by atoms with Crippen molar-refractivity contribution in [3.8, 4) is 0 Å². The van der Waals surface area contributed by atoms with Crippen molar-refractivity contribution in [2.24, 2.45) is 0 Å². The van der Waals surface area contributed by atoms with Gasteiger partial charge in [0.25, 0.3) is 5.91 Å². The Kier molecular flexibility index (Phi) is 4.86. The van der Waals surface area contributed by atoms with E-state index in [2.05, 4.69) is 15.2 Å². The summed E-state index contributed by atoms with van der Waals surface area (Å²) >= 11 is 0. The summed E-state index contributed by atoms with van der Waals surface area (Å²) in [7, 11) is 0. The predicted molar refractivity (Wildman–Crippen MR) is 88.1 cm³/mol. The second kappa shape index (κ2) is 7.22. The first kappa shape index (κ1) is 15.5. The molecule has 1 amide bonds. The fourth-order valence-electron chi connectivity index (χ4n) is 2.82. The Bertz CT molecular complexity index is 683. The molecule has 4 nitrogen and oxygen atoms in total. The fraction of sp³-hybridized carbons (Fsp3) is 0.333. The molecule has 1 aliphatic heterocycles. The van der Waals surface area contributed by atoms with Crippen molar-refractivity contribution in [1.29, 1.82) is 0 Å². The number of halogens is 1. The summed E-state index contributed by atoms with van der Waals surface area (Å²) in [5.74, 6) is -0.460. The van der Waals surface area contributed by atoms with Crippen LogP contribution in [0.1, 0.15) is 28.9 Å². The molecule has 0 spiro atoms. The molecule has 2 aromatic rings. The molecule has 0 saturated carbocycles. The quantitative estimate of drug-likeness (QED) is 0.923. The predicted octanol–water partition coefficient (Wildman–Crippen LogP) is 2.79. The number of hydrogen-bond acceptors (Lipinski definition) is 3. The molecule has 0 atom stereocenters. The molecule has 120 valence electrons. The number of aromatic nitrogens is 1. The van der Waals surface area contributed by atoms with Crippen LogP contribution in [0.15, 0.2) is 42.6 Å². The molecule has 1 aromatic heterocycles. The highest BCUT2D eigenvalue weighted by molar-refractivity contribution is 5.93. The van der Waals surface area contributed by atoms with Gasteiger partial charge in [0, 0.05) is 31.5 Å². The minimum absolute atomic E-state index is 0.220. The van der Waals surface area contributed by atoms with Gasteiger partial charge in [-0.3, -0.25) is 9.78 Å². The van der Waals surface area contributed by atoms with Crippen LogP contribution in [0.4, 0.5) is 10.1 Å². The van der Waals surface area contributed by atoms with Gasteiger partial charge in [-0.2, -0.15) is 0 Å². The number of rotatable bonds is 5. The van der Waals surface area contributed by atoms with Gasteiger partial charge >= 0.3 is 0 Å². The van der Waals surface area contributed by atoms with Crippen LogP contribution in [0.3, 0.4) is 0 Å². The van der Waals surface area contributed by atoms with Crippen LogP contribution >= 0.6 is 0 Å². The molecule has 1 saturated heterocycles. The summed E-state index contributed by atoms with van der Waals surface area (Å²) in [5, 5.41) is 2.81. The van der Waals surface area contributed by atoms with E-state index in [1.807, 2.05) is 12.1 Å². The lowest BCUT2D eigenvalue weighted by Gasteiger charge is -2.17. The Balaban J connectivity index is 1.58. The minimum atomic E-state index is -0.240. The number of amides is 1. The number of benzene rings is 1. The van der Waals surface area contributed by atoms with Crippen LogP contribution in [-0.2, 0) is 6.42 Å². The third-order valence-electron chi connectivity index (χ3n) is 4.09. The van der Waals surface area contributed by atoms with E-state index >= 15 is 0 Å². The normalized spacial score (nSPS) is 14.0. The second-order valence-electron chi connectivity index (χ2n) is 5.69. The molecule has 0 aliphatic carbocycles. The lowest BCUT2D eigenvalue weighted by Crippen LogP contribution is -2.27. The van der Waals surface area contributed by atoms with Crippen LogP contribution in [0.25, 0.3) is 0 Å². The zero-order chi connectivity index (χ0) is 16.1. The largest absolute Gasteiger partial charge is 0.371 e. The first-order valence-electron chi connectivity index (χ1n) is 7.96. The topological polar surface area (TPSA) is 45.2 Å². The van der Waals surface area contributed by atoms with Crippen LogP contribution < -0.4 is 10.2 Å². The molecule has 2 heterocycles. The molecule has 23 heavy (non-hydrogen) atoms. The van der Waals surface area contributed by atoms with Crippen molar-refractivity contribution in [1.82, 2.24) is 10.3 Å². The summed E-state index contributed by atoms with van der Waals surface area (Å²) in [6.45, 7) is 2.44. The SMILES string of the molecule is O=C(NCCc1ccccc1F)c1cc(N2CCCC2)ccn1. The Labute approximate surface area is 135 Å². The molecule has 3 rings (SSSR count). The molecule has 0 radical (unpaired) electrons. The van der Waals surface area contributed by atoms with E-state index in [0.717, 1.165) is 18.8 Å². The number of nitrogens with one attached hydrogen (secondary N) is 1. The van der Waals surface area contributed by atoms with Crippen molar-refractivity contribution < 1.29 is 9.18 Å². The van der Waals surface area contributed by atoms with Gasteiger partial charge in [-0.05, 0) is 43.0 Å². The third kappa shape index (κ3) is 3.86. The van der Waals surface area contributed by atoms with Gasteiger partial charge in [0.05, 0.1) is 0 Å². The summed E-state index contributed by atoms with van der Waals surface area (Å²) in [6.07, 6.45) is 4.50. The standard InChI is InChI=1S/C18H20FN3O/c19-16-6-2-1-5-14(16)7-9-21-18(23)17-13-15(8-10-20-17)22-11-3-4-12-22/h1-2,5-6,8,10,13H,3-4,7,9,11-12H2,(H,21,23). The maximum absolute atomic E-state index is 13.5. The Morgan fingerprint density at radius 1 is 1.22 bits per heavy atom. The van der Waals surface area contributed by atoms with Crippen LogP contribution in [0.5, 0.6) is 0 Å². The Hall–Kier alpha value is -2.43. The molecule has 1 fully saturated rings. The lowest BCUT2D eigenvalue weighted by molar-refractivity contribution is 0.0949. The smallest absolute Gasteiger partial charge is 0.269 e. The Morgan fingerprint density at radius 2 is 2.00 bits per heavy atom. The van der Waals surface area contributed by atoms with E-state index in [-0.39, 0.29) is 11.7 Å². The van der Waals surface area contributed by atoms with E-state index in [9.17, 15) is 9.18 Å².